The van der Waals surface area contributed by atoms with Gasteiger partial charge in [-0.15, -0.1) is 0 Å². The molecule has 1 aliphatic rings. The molecule has 1 fully saturated rings. The first-order chi connectivity index (χ1) is 10.1. The van der Waals surface area contributed by atoms with Gasteiger partial charge in [-0.1, -0.05) is 12.1 Å². The van der Waals surface area contributed by atoms with E-state index >= 15 is 0 Å². The molecule has 6 nitrogen and oxygen atoms in total. The molecule has 0 unspecified atom stereocenters. The Balaban J connectivity index is 2.01. The Kier molecular flexibility index (Phi) is 5.05. The highest BCUT2D eigenvalue weighted by atomic mass is 16.6. The molecule has 1 N–H and O–H groups in total. The molecular weight excluding hydrogens is 270 g/mol. The van der Waals surface area contributed by atoms with Crippen molar-refractivity contribution >= 4 is 17.7 Å². The van der Waals surface area contributed by atoms with Crippen LogP contribution in [0.5, 0.6) is 0 Å². The highest BCUT2D eigenvalue weighted by Crippen LogP contribution is 2.15. The molecule has 1 aromatic carbocycles. The number of nitro groups is 1. The van der Waals surface area contributed by atoms with E-state index in [1.807, 2.05) is 0 Å². The first kappa shape index (κ1) is 15.2. The lowest BCUT2D eigenvalue weighted by atomic mass is 10.1. The van der Waals surface area contributed by atoms with Gasteiger partial charge >= 0.3 is 0 Å². The van der Waals surface area contributed by atoms with E-state index in [1.54, 1.807) is 30.2 Å². The third-order valence-electron chi connectivity index (χ3n) is 3.70. The summed E-state index contributed by atoms with van der Waals surface area (Å²) < 4.78 is 0. The number of non-ortho nitro benzene ring substituents is 1. The maximum Gasteiger partial charge on any atom is 0.270 e. The molecule has 0 atom stereocenters. The van der Waals surface area contributed by atoms with E-state index in [0.717, 1.165) is 25.9 Å². The van der Waals surface area contributed by atoms with E-state index in [1.165, 1.54) is 18.2 Å². The van der Waals surface area contributed by atoms with Gasteiger partial charge in [0.25, 0.3) is 5.69 Å². The fraction of sp³-hybridized carbons (Fsp3) is 0.400. The summed E-state index contributed by atoms with van der Waals surface area (Å²) in [5.41, 5.74) is 0.674. The molecule has 1 aromatic rings. The van der Waals surface area contributed by atoms with Crippen molar-refractivity contribution < 1.29 is 9.72 Å². The van der Waals surface area contributed by atoms with Crippen molar-refractivity contribution in [2.75, 3.05) is 20.1 Å². The molecule has 0 aromatic heterocycles. The number of benzene rings is 1. The Morgan fingerprint density at radius 2 is 2.14 bits per heavy atom. The van der Waals surface area contributed by atoms with Crippen LogP contribution >= 0.6 is 0 Å². The van der Waals surface area contributed by atoms with Gasteiger partial charge in [0.1, 0.15) is 0 Å². The molecule has 1 amide bonds. The molecule has 1 aliphatic heterocycles. The van der Waals surface area contributed by atoms with Crippen LogP contribution in [0.15, 0.2) is 30.3 Å². The monoisotopic (exact) mass is 289 g/mol. The minimum atomic E-state index is -0.444. The molecule has 1 heterocycles. The minimum Gasteiger partial charge on any atom is -0.339 e. The molecule has 0 saturated carbocycles. The van der Waals surface area contributed by atoms with Gasteiger partial charge in [0.05, 0.1) is 4.92 Å². The fourth-order valence-corrected chi connectivity index (χ4v) is 2.40. The van der Waals surface area contributed by atoms with E-state index in [4.69, 9.17) is 0 Å². The lowest BCUT2D eigenvalue weighted by Gasteiger charge is -2.30. The molecule has 0 bridgehead atoms. The van der Waals surface area contributed by atoms with Crippen LogP contribution < -0.4 is 5.32 Å². The topological polar surface area (TPSA) is 75.5 Å². The predicted molar refractivity (Wildman–Crippen MR) is 80.8 cm³/mol. The van der Waals surface area contributed by atoms with E-state index in [-0.39, 0.29) is 17.6 Å². The molecule has 0 spiro atoms. The largest absolute Gasteiger partial charge is 0.339 e. The lowest BCUT2D eigenvalue weighted by molar-refractivity contribution is -0.384. The van der Waals surface area contributed by atoms with Crippen molar-refractivity contribution in [2.24, 2.45) is 0 Å². The van der Waals surface area contributed by atoms with Crippen LogP contribution in [0.2, 0.25) is 0 Å². The van der Waals surface area contributed by atoms with Crippen LogP contribution in [0, 0.1) is 10.1 Å². The third kappa shape index (κ3) is 4.13. The van der Waals surface area contributed by atoms with Gasteiger partial charge in [-0.05, 0) is 37.6 Å². The minimum absolute atomic E-state index is 0.0244. The number of rotatable bonds is 4. The maximum absolute atomic E-state index is 12.1. The zero-order chi connectivity index (χ0) is 15.2. The summed E-state index contributed by atoms with van der Waals surface area (Å²) in [7, 11) is 1.80. The molecular formula is C15H19N3O3. The number of hydrogen-bond donors (Lipinski definition) is 1. The Hall–Kier alpha value is -2.21. The SMILES string of the molecule is CN(C(=O)/C=C/c1cccc([N+](=O)[O-])c1)C1CCNCC1. The number of carbonyl (C=O) groups excluding carboxylic acids is 1. The normalized spacial score (nSPS) is 16.0. The van der Waals surface area contributed by atoms with E-state index in [9.17, 15) is 14.9 Å². The maximum atomic E-state index is 12.1. The van der Waals surface area contributed by atoms with E-state index < -0.39 is 4.92 Å². The van der Waals surface area contributed by atoms with Gasteiger partial charge in [-0.25, -0.2) is 0 Å². The smallest absolute Gasteiger partial charge is 0.270 e. The highest BCUT2D eigenvalue weighted by Gasteiger charge is 2.20. The number of hydrogen-bond acceptors (Lipinski definition) is 4. The van der Waals surface area contributed by atoms with Gasteiger partial charge in [0.2, 0.25) is 5.91 Å². The summed E-state index contributed by atoms with van der Waals surface area (Å²) in [6, 6.07) is 6.49. The van der Waals surface area contributed by atoms with E-state index in [0.29, 0.717) is 5.56 Å². The van der Waals surface area contributed by atoms with Crippen LogP contribution in [-0.2, 0) is 4.79 Å². The molecule has 6 heteroatoms. The van der Waals surface area contributed by atoms with Crippen LogP contribution in [0.3, 0.4) is 0 Å². The average molecular weight is 289 g/mol. The summed E-state index contributed by atoms with van der Waals surface area (Å²) in [5, 5.41) is 14.0. The first-order valence-corrected chi connectivity index (χ1v) is 6.98. The second-order valence-corrected chi connectivity index (χ2v) is 5.12. The van der Waals surface area contributed by atoms with Crippen LogP contribution in [-0.4, -0.2) is 41.9 Å². The summed E-state index contributed by atoms with van der Waals surface area (Å²) in [4.78, 5) is 24.1. The summed E-state index contributed by atoms with van der Waals surface area (Å²) >= 11 is 0. The second kappa shape index (κ2) is 6.99. The van der Waals surface area contributed by atoms with Gasteiger partial charge in [-0.3, -0.25) is 14.9 Å². The van der Waals surface area contributed by atoms with Crippen molar-refractivity contribution in [1.82, 2.24) is 10.2 Å². The Morgan fingerprint density at radius 1 is 1.43 bits per heavy atom. The lowest BCUT2D eigenvalue weighted by Crippen LogP contribution is -2.43. The van der Waals surface area contributed by atoms with Crippen molar-refractivity contribution in [3.05, 3.63) is 46.0 Å². The number of piperidine rings is 1. The number of nitro benzene ring substituents is 1. The summed E-state index contributed by atoms with van der Waals surface area (Å²) in [6.45, 7) is 1.85. The van der Waals surface area contributed by atoms with Gasteiger partial charge in [-0.2, -0.15) is 0 Å². The number of nitrogens with one attached hydrogen (secondary N) is 1. The molecule has 21 heavy (non-hydrogen) atoms. The van der Waals surface area contributed by atoms with Crippen molar-refractivity contribution in [3.8, 4) is 0 Å². The fourth-order valence-electron chi connectivity index (χ4n) is 2.40. The van der Waals surface area contributed by atoms with Gasteiger partial charge in [0.15, 0.2) is 0 Å². The van der Waals surface area contributed by atoms with Crippen molar-refractivity contribution in [1.29, 1.82) is 0 Å². The van der Waals surface area contributed by atoms with Crippen LogP contribution in [0.1, 0.15) is 18.4 Å². The third-order valence-corrected chi connectivity index (χ3v) is 3.70. The second-order valence-electron chi connectivity index (χ2n) is 5.12. The van der Waals surface area contributed by atoms with E-state index in [2.05, 4.69) is 5.32 Å². The standard InChI is InChI=1S/C15H19N3O3/c1-17(13-7-9-16-10-8-13)15(19)6-5-12-3-2-4-14(11-12)18(20)21/h2-6,11,13,16H,7-10H2,1H3/b6-5+. The molecule has 112 valence electrons. The highest BCUT2D eigenvalue weighted by molar-refractivity contribution is 5.91. The summed E-state index contributed by atoms with van der Waals surface area (Å²) in [5.74, 6) is -0.0755. The quantitative estimate of drug-likeness (QED) is 0.521. The molecule has 0 radical (unpaired) electrons. The molecule has 0 aliphatic carbocycles. The van der Waals surface area contributed by atoms with Gasteiger partial charge < -0.3 is 10.2 Å². The predicted octanol–water partition coefficient (Wildman–Crippen LogP) is 1.82. The zero-order valence-electron chi connectivity index (χ0n) is 12.0. The average Bonchev–Trinajstić information content (AvgIpc) is 2.53. The van der Waals surface area contributed by atoms with Crippen LogP contribution in [0.25, 0.3) is 6.08 Å². The van der Waals surface area contributed by atoms with Crippen LogP contribution in [0.4, 0.5) is 5.69 Å². The Bertz CT molecular complexity index is 551. The number of nitrogens with zero attached hydrogens (tertiary/aromatic N) is 2. The number of likely N-dealkylation sites (N-methyl/N-ethyl adjacent to an activating group) is 1. The Morgan fingerprint density at radius 3 is 2.81 bits per heavy atom. The Labute approximate surface area is 123 Å². The first-order valence-electron chi connectivity index (χ1n) is 6.98. The van der Waals surface area contributed by atoms with Crippen molar-refractivity contribution in [3.63, 3.8) is 0 Å². The molecule has 2 rings (SSSR count). The van der Waals surface area contributed by atoms with Crippen molar-refractivity contribution in [2.45, 2.75) is 18.9 Å². The number of carbonyl (C=O) groups is 1. The summed E-state index contributed by atoms with van der Waals surface area (Å²) in [6.07, 6.45) is 4.99. The number of amides is 1. The molecule has 1 saturated heterocycles. The van der Waals surface area contributed by atoms with Gasteiger partial charge in [0, 0.05) is 31.3 Å². The zero-order valence-corrected chi connectivity index (χ0v) is 12.0.